The molecule has 65 heavy (non-hydrogen) atoms. The van der Waals surface area contributed by atoms with Crippen LogP contribution in [-0.2, 0) is 9.59 Å². The quantitative estimate of drug-likeness (QED) is 0.0748. The molecule has 9 rings (SSSR count). The van der Waals surface area contributed by atoms with Crippen molar-refractivity contribution in [3.05, 3.63) is 99.4 Å². The van der Waals surface area contributed by atoms with Gasteiger partial charge in [0.15, 0.2) is 11.6 Å². The van der Waals surface area contributed by atoms with Crippen LogP contribution in [0.5, 0.6) is 0 Å². The minimum atomic E-state index is -0.803. The van der Waals surface area contributed by atoms with Crippen molar-refractivity contribution in [2.24, 2.45) is 11.8 Å². The normalized spacial score (nSPS) is 20.0. The number of hydrogen-bond donors (Lipinski definition) is 3. The largest absolute Gasteiger partial charge is 0.391 e. The molecule has 4 atom stereocenters. The van der Waals surface area contributed by atoms with E-state index >= 15 is 0 Å². The molecule has 17 heteroatoms. The first-order valence-corrected chi connectivity index (χ1v) is 24.4. The van der Waals surface area contributed by atoms with E-state index in [4.69, 9.17) is 4.52 Å². The summed E-state index contributed by atoms with van der Waals surface area (Å²) in [6, 6.07) is 20.3. The molecule has 0 aliphatic carbocycles. The maximum Gasteiger partial charge on any atom is 0.270 e. The van der Waals surface area contributed by atoms with E-state index in [-0.39, 0.29) is 47.4 Å². The zero-order valence-electron chi connectivity index (χ0n) is 37.3. The lowest BCUT2D eigenvalue weighted by molar-refractivity contribution is -0.385. The molecule has 0 bridgehead atoms. The van der Waals surface area contributed by atoms with Crippen LogP contribution in [0.4, 0.5) is 28.6 Å². The molecule has 342 valence electrons. The monoisotopic (exact) mass is 919 g/mol. The van der Waals surface area contributed by atoms with Crippen molar-refractivity contribution in [2.75, 3.05) is 67.5 Å². The van der Waals surface area contributed by atoms with E-state index in [1.807, 2.05) is 63.5 Å². The van der Waals surface area contributed by atoms with E-state index < -0.39 is 18.1 Å². The summed E-state index contributed by atoms with van der Waals surface area (Å²) in [4.78, 5) is 55.2. The number of likely N-dealkylation sites (tertiary alicyclic amines) is 1. The van der Waals surface area contributed by atoms with Gasteiger partial charge >= 0.3 is 0 Å². The van der Waals surface area contributed by atoms with Crippen LogP contribution in [0.15, 0.2) is 86.6 Å². The van der Waals surface area contributed by atoms with E-state index in [1.54, 1.807) is 35.2 Å². The third kappa shape index (κ3) is 9.74. The van der Waals surface area contributed by atoms with Crippen molar-refractivity contribution >= 4 is 63.5 Å². The molecule has 3 fully saturated rings. The molecule has 0 radical (unpaired) electrons. The van der Waals surface area contributed by atoms with Gasteiger partial charge < -0.3 is 35.0 Å². The van der Waals surface area contributed by atoms with Gasteiger partial charge in [-0.25, -0.2) is 4.98 Å². The molecule has 3 saturated heterocycles. The first kappa shape index (κ1) is 44.7. The molecular formula is C48H57N9O6S2. The Labute approximate surface area is 387 Å². The standard InChI is InChI=1S/C48H57N9O6S2/c1-29(2)45(48(60)56-27-37(58)25-40(56)47(59)50-30(3)33-5-7-34(8-6-33)46-31(4)49-28-64-46)41-26-44(52-63-41)55-21-19-53(20-22-55)16-13-32-14-17-54(18-15-32)35-9-11-38-42(23-35)65-43-24-36(57(61)62)10-12-39(43)51-38/h5-12,23-24,26,28-30,32,37,40,45,51,58H,13-22,25,27H2,1-4H3,(H,50,59)/t30-,37+,40-,45-/m0/s1. The number of carbonyl (C=O) groups is 2. The van der Waals surface area contributed by atoms with Crippen molar-refractivity contribution < 1.29 is 24.1 Å². The van der Waals surface area contributed by atoms with Crippen LogP contribution >= 0.6 is 23.1 Å². The third-order valence-electron chi connectivity index (χ3n) is 13.6. The first-order valence-electron chi connectivity index (χ1n) is 22.7. The summed E-state index contributed by atoms with van der Waals surface area (Å²) in [6.45, 7) is 14.4. The summed E-state index contributed by atoms with van der Waals surface area (Å²) in [5.41, 5.74) is 8.05. The second-order valence-electron chi connectivity index (χ2n) is 18.2. The molecule has 6 heterocycles. The zero-order valence-corrected chi connectivity index (χ0v) is 38.9. The van der Waals surface area contributed by atoms with Crippen molar-refractivity contribution in [1.29, 1.82) is 0 Å². The van der Waals surface area contributed by atoms with Crippen molar-refractivity contribution in [1.82, 2.24) is 25.3 Å². The summed E-state index contributed by atoms with van der Waals surface area (Å²) in [7, 11) is 0. The van der Waals surface area contributed by atoms with Gasteiger partial charge in [0.05, 0.1) is 44.5 Å². The number of amides is 2. The second-order valence-corrected chi connectivity index (χ2v) is 20.2. The SMILES string of the molecule is Cc1ncsc1-c1ccc([C@H](C)NC(=O)[C@@H]2C[C@@H](O)CN2C(=O)[C@H](c2cc(N3CCN(CCC4CCN(c5ccc6c(c5)Sc5cc([N+](=O)[O-])ccc5N6)CC4)CC3)no2)C(C)C)cc1. The number of aliphatic hydroxyl groups excluding tert-OH is 1. The molecule has 2 aromatic heterocycles. The Bertz CT molecular complexity index is 2510. The average molecular weight is 920 g/mol. The van der Waals surface area contributed by atoms with Crippen molar-refractivity contribution in [2.45, 2.75) is 87.3 Å². The number of aromatic nitrogens is 2. The Morgan fingerprint density at radius 2 is 1.68 bits per heavy atom. The van der Waals surface area contributed by atoms with Gasteiger partial charge in [0.2, 0.25) is 11.8 Å². The van der Waals surface area contributed by atoms with E-state index in [1.165, 1.54) is 16.7 Å². The lowest BCUT2D eigenvalue weighted by atomic mass is 9.91. The predicted octanol–water partition coefficient (Wildman–Crippen LogP) is 8.23. The molecule has 0 unspecified atom stereocenters. The number of thiazole rings is 1. The minimum absolute atomic E-state index is 0.0818. The molecule has 0 saturated carbocycles. The van der Waals surface area contributed by atoms with Crippen LogP contribution in [0, 0.1) is 28.9 Å². The number of β-amino-alcohol motifs (C(OH)–C–C–N with tert-alkyl or cyclic N) is 1. The number of fused-ring (bicyclic) bond motifs is 2. The second kappa shape index (κ2) is 19.2. The molecule has 4 aliphatic rings. The van der Waals surface area contributed by atoms with Gasteiger partial charge in [-0.05, 0) is 86.9 Å². The highest BCUT2D eigenvalue weighted by Gasteiger charge is 2.44. The van der Waals surface area contributed by atoms with Crippen LogP contribution in [0.3, 0.4) is 0 Å². The van der Waals surface area contributed by atoms with Gasteiger partial charge in [0.1, 0.15) is 12.0 Å². The van der Waals surface area contributed by atoms with Gasteiger partial charge in [-0.2, -0.15) is 0 Å². The average Bonchev–Trinajstić information content (AvgIpc) is 4.08. The maximum atomic E-state index is 14.3. The van der Waals surface area contributed by atoms with Gasteiger partial charge in [-0.15, -0.1) is 11.3 Å². The van der Waals surface area contributed by atoms with E-state index in [2.05, 4.69) is 53.7 Å². The summed E-state index contributed by atoms with van der Waals surface area (Å²) < 4.78 is 5.91. The van der Waals surface area contributed by atoms with E-state index in [0.717, 1.165) is 108 Å². The fourth-order valence-corrected chi connectivity index (χ4v) is 11.6. The number of nitro benzene ring substituents is 1. The number of anilines is 4. The van der Waals surface area contributed by atoms with Gasteiger partial charge in [-0.3, -0.25) is 24.6 Å². The highest BCUT2D eigenvalue weighted by Crippen LogP contribution is 2.47. The molecular weight excluding hydrogens is 863 g/mol. The van der Waals surface area contributed by atoms with Crippen molar-refractivity contribution in [3.8, 4) is 10.4 Å². The fraction of sp³-hybridized carbons (Fsp3) is 0.458. The van der Waals surface area contributed by atoms with Crippen LogP contribution < -0.4 is 20.4 Å². The zero-order chi connectivity index (χ0) is 45.4. The Balaban J connectivity index is 0.740. The number of piperazine rings is 1. The van der Waals surface area contributed by atoms with Gasteiger partial charge in [0.25, 0.3) is 5.69 Å². The number of aryl methyl sites for hydroxylation is 1. The lowest BCUT2D eigenvalue weighted by Gasteiger charge is -2.37. The molecule has 5 aromatic rings. The number of rotatable bonds is 13. The number of carbonyl (C=O) groups excluding carboxylic acids is 2. The molecule has 15 nitrogen and oxygen atoms in total. The summed E-state index contributed by atoms with van der Waals surface area (Å²) in [5, 5.41) is 33.1. The minimum Gasteiger partial charge on any atom is -0.391 e. The van der Waals surface area contributed by atoms with Crippen LogP contribution in [0.1, 0.15) is 75.4 Å². The van der Waals surface area contributed by atoms with Crippen LogP contribution in [0.25, 0.3) is 10.4 Å². The number of non-ortho nitro benzene ring substituents is 1. The molecule has 0 spiro atoms. The molecule has 3 aromatic carbocycles. The Morgan fingerprint density at radius 1 is 0.954 bits per heavy atom. The number of nitro groups is 1. The Hall–Kier alpha value is -5.49. The van der Waals surface area contributed by atoms with E-state index in [0.29, 0.717) is 17.5 Å². The summed E-state index contributed by atoms with van der Waals surface area (Å²) in [6.07, 6.45) is 2.80. The topological polar surface area (TPSA) is 173 Å². The lowest BCUT2D eigenvalue weighted by Crippen LogP contribution is -2.48. The number of nitrogens with one attached hydrogen (secondary N) is 2. The van der Waals surface area contributed by atoms with Crippen LogP contribution in [-0.4, -0.2) is 106 Å². The number of aliphatic hydroxyl groups is 1. The van der Waals surface area contributed by atoms with Crippen molar-refractivity contribution in [3.63, 3.8) is 0 Å². The van der Waals surface area contributed by atoms with E-state index in [9.17, 15) is 24.8 Å². The van der Waals surface area contributed by atoms with Gasteiger partial charge in [0, 0.05) is 85.9 Å². The fourth-order valence-electron chi connectivity index (χ4n) is 9.71. The summed E-state index contributed by atoms with van der Waals surface area (Å²) in [5.74, 6) is 0.533. The highest BCUT2D eigenvalue weighted by atomic mass is 32.2. The third-order valence-corrected chi connectivity index (χ3v) is 15.7. The predicted molar refractivity (Wildman–Crippen MR) is 254 cm³/mol. The number of piperidine rings is 1. The Morgan fingerprint density at radius 3 is 2.37 bits per heavy atom. The molecule has 3 N–H and O–H groups in total. The van der Waals surface area contributed by atoms with Gasteiger partial charge in [-0.1, -0.05) is 55.0 Å². The number of nitrogens with zero attached hydrogens (tertiary/aromatic N) is 7. The molecule has 2 amide bonds. The smallest absolute Gasteiger partial charge is 0.270 e. The first-order chi connectivity index (χ1) is 31.4. The summed E-state index contributed by atoms with van der Waals surface area (Å²) >= 11 is 3.18. The number of hydrogen-bond acceptors (Lipinski definition) is 14. The number of benzene rings is 3. The Kier molecular flexibility index (Phi) is 13.2. The highest BCUT2D eigenvalue weighted by molar-refractivity contribution is 7.99. The molecule has 4 aliphatic heterocycles. The maximum absolute atomic E-state index is 14.3. The van der Waals surface area contributed by atoms with Crippen LogP contribution in [0.2, 0.25) is 0 Å².